The Balaban J connectivity index is 1.67. The minimum Gasteiger partial charge on any atom is -0.370 e. The smallest absolute Gasteiger partial charge is 0.0844 e. The molecule has 0 radical (unpaired) electrons. The fourth-order valence-electron chi connectivity index (χ4n) is 2.32. The van der Waals surface area contributed by atoms with Gasteiger partial charge in [0.1, 0.15) is 0 Å². The highest BCUT2D eigenvalue weighted by atomic mass is 16.6. The molecule has 0 aromatic carbocycles. The molecule has 2 fully saturated rings. The summed E-state index contributed by atoms with van der Waals surface area (Å²) in [7, 11) is 0. The van der Waals surface area contributed by atoms with Crippen molar-refractivity contribution in [3.8, 4) is 0 Å². The fraction of sp³-hybridized carbons (Fsp3) is 1.00. The van der Waals surface area contributed by atoms with Crippen molar-refractivity contribution >= 4 is 0 Å². The van der Waals surface area contributed by atoms with Crippen LogP contribution in [0.1, 0.15) is 46.0 Å². The van der Waals surface area contributed by atoms with E-state index in [2.05, 4.69) is 13.8 Å². The van der Waals surface area contributed by atoms with E-state index < -0.39 is 0 Å². The molecule has 1 heterocycles. The van der Waals surface area contributed by atoms with Gasteiger partial charge in [0.05, 0.1) is 12.2 Å². The second-order valence-electron chi connectivity index (χ2n) is 4.86. The van der Waals surface area contributed by atoms with Crippen LogP contribution in [0, 0.1) is 11.8 Å². The zero-order valence-electron chi connectivity index (χ0n) is 8.25. The zero-order chi connectivity index (χ0) is 8.55. The van der Waals surface area contributed by atoms with E-state index in [0.29, 0.717) is 12.2 Å². The van der Waals surface area contributed by atoms with Gasteiger partial charge in [-0.25, -0.2) is 0 Å². The summed E-state index contributed by atoms with van der Waals surface area (Å²) < 4.78 is 5.51. The maximum absolute atomic E-state index is 5.51. The highest BCUT2D eigenvalue weighted by Gasteiger charge is 2.43. The van der Waals surface area contributed by atoms with Crippen LogP contribution in [-0.2, 0) is 4.74 Å². The summed E-state index contributed by atoms with van der Waals surface area (Å²) >= 11 is 0. The van der Waals surface area contributed by atoms with E-state index in [1.807, 2.05) is 0 Å². The van der Waals surface area contributed by atoms with E-state index in [4.69, 9.17) is 4.74 Å². The van der Waals surface area contributed by atoms with Gasteiger partial charge in [0, 0.05) is 0 Å². The molecule has 0 amide bonds. The molecule has 2 aliphatic rings. The number of hydrogen-bond donors (Lipinski definition) is 0. The Bertz CT molecular complexity index is 153. The molecule has 70 valence electrons. The molecule has 1 aliphatic heterocycles. The fourth-order valence-corrected chi connectivity index (χ4v) is 2.32. The predicted octanol–water partition coefficient (Wildman–Crippen LogP) is 2.99. The van der Waals surface area contributed by atoms with E-state index in [0.717, 1.165) is 11.8 Å². The Kier molecular flexibility index (Phi) is 2.40. The lowest BCUT2D eigenvalue weighted by Gasteiger charge is -2.19. The van der Waals surface area contributed by atoms with Crippen LogP contribution in [-0.4, -0.2) is 12.2 Å². The van der Waals surface area contributed by atoms with E-state index in [9.17, 15) is 0 Å². The van der Waals surface area contributed by atoms with Crippen LogP contribution in [0.5, 0.6) is 0 Å². The predicted molar refractivity (Wildman–Crippen MR) is 50.1 cm³/mol. The van der Waals surface area contributed by atoms with Gasteiger partial charge in [0.2, 0.25) is 0 Å². The van der Waals surface area contributed by atoms with Crippen LogP contribution < -0.4 is 0 Å². The molecule has 0 aromatic heterocycles. The minimum absolute atomic E-state index is 0.677. The van der Waals surface area contributed by atoms with Crippen molar-refractivity contribution in [2.45, 2.75) is 58.2 Å². The summed E-state index contributed by atoms with van der Waals surface area (Å²) in [5, 5.41) is 0. The van der Waals surface area contributed by atoms with Crippen LogP contribution in [0.25, 0.3) is 0 Å². The van der Waals surface area contributed by atoms with Gasteiger partial charge in [0.25, 0.3) is 0 Å². The van der Waals surface area contributed by atoms with Crippen LogP contribution in [0.3, 0.4) is 0 Å². The molecule has 1 aliphatic carbocycles. The lowest BCUT2D eigenvalue weighted by atomic mass is 9.85. The van der Waals surface area contributed by atoms with Gasteiger partial charge in [-0.15, -0.1) is 0 Å². The first-order valence-electron chi connectivity index (χ1n) is 5.41. The Morgan fingerprint density at radius 3 is 2.75 bits per heavy atom. The number of hydrogen-bond acceptors (Lipinski definition) is 1. The molecule has 1 heteroatoms. The molecule has 1 saturated heterocycles. The molecular formula is C11H20O. The first kappa shape index (κ1) is 8.55. The molecule has 3 atom stereocenters. The van der Waals surface area contributed by atoms with E-state index >= 15 is 0 Å². The van der Waals surface area contributed by atoms with Crippen LogP contribution >= 0.6 is 0 Å². The molecule has 12 heavy (non-hydrogen) atoms. The molecule has 0 bridgehead atoms. The first-order valence-corrected chi connectivity index (χ1v) is 5.41. The van der Waals surface area contributed by atoms with Gasteiger partial charge in [-0.05, 0) is 31.1 Å². The van der Waals surface area contributed by atoms with Gasteiger partial charge >= 0.3 is 0 Å². The maximum atomic E-state index is 5.51. The Labute approximate surface area is 75.5 Å². The summed E-state index contributed by atoms with van der Waals surface area (Å²) in [4.78, 5) is 0. The van der Waals surface area contributed by atoms with E-state index in [1.165, 1.54) is 32.1 Å². The third kappa shape index (κ3) is 2.01. The molecular weight excluding hydrogens is 148 g/mol. The lowest BCUT2D eigenvalue weighted by Crippen LogP contribution is -2.13. The second kappa shape index (κ2) is 3.37. The Morgan fingerprint density at radius 1 is 1.25 bits per heavy atom. The van der Waals surface area contributed by atoms with E-state index in [1.54, 1.807) is 0 Å². The second-order valence-corrected chi connectivity index (χ2v) is 4.86. The largest absolute Gasteiger partial charge is 0.370 e. The van der Waals surface area contributed by atoms with Gasteiger partial charge < -0.3 is 4.74 Å². The SMILES string of the molecule is CC(C)CCC1CCC2OC2C1. The number of ether oxygens (including phenoxy) is 1. The normalized spacial score (nSPS) is 39.8. The van der Waals surface area contributed by atoms with Crippen molar-refractivity contribution in [3.63, 3.8) is 0 Å². The average molecular weight is 168 g/mol. The highest BCUT2D eigenvalue weighted by Crippen LogP contribution is 2.41. The topological polar surface area (TPSA) is 12.5 Å². The molecule has 0 N–H and O–H groups in total. The first-order chi connectivity index (χ1) is 5.75. The molecule has 1 saturated carbocycles. The van der Waals surface area contributed by atoms with Gasteiger partial charge in [-0.1, -0.05) is 26.7 Å². The van der Waals surface area contributed by atoms with Crippen molar-refractivity contribution in [2.24, 2.45) is 11.8 Å². The molecule has 3 unspecified atom stereocenters. The monoisotopic (exact) mass is 168 g/mol. The maximum Gasteiger partial charge on any atom is 0.0844 e. The summed E-state index contributed by atoms with van der Waals surface area (Å²) in [6.07, 6.45) is 8.32. The lowest BCUT2D eigenvalue weighted by molar-refractivity contribution is 0.333. The van der Waals surface area contributed by atoms with Crippen molar-refractivity contribution in [1.29, 1.82) is 0 Å². The van der Waals surface area contributed by atoms with Crippen LogP contribution in [0.15, 0.2) is 0 Å². The standard InChI is InChI=1S/C11H20O/c1-8(2)3-4-9-5-6-10-11(7-9)12-10/h8-11H,3-7H2,1-2H3. The molecule has 0 spiro atoms. The van der Waals surface area contributed by atoms with Crippen molar-refractivity contribution in [2.75, 3.05) is 0 Å². The summed E-state index contributed by atoms with van der Waals surface area (Å²) in [5.41, 5.74) is 0. The van der Waals surface area contributed by atoms with Crippen molar-refractivity contribution in [3.05, 3.63) is 0 Å². The molecule has 1 nitrogen and oxygen atoms in total. The molecule has 0 aromatic rings. The quantitative estimate of drug-likeness (QED) is 0.590. The summed E-state index contributed by atoms with van der Waals surface area (Å²) in [6, 6.07) is 0. The van der Waals surface area contributed by atoms with Gasteiger partial charge in [0.15, 0.2) is 0 Å². The van der Waals surface area contributed by atoms with Crippen molar-refractivity contribution < 1.29 is 4.74 Å². The minimum atomic E-state index is 0.677. The third-order valence-electron chi connectivity index (χ3n) is 3.26. The summed E-state index contributed by atoms with van der Waals surface area (Å²) in [6.45, 7) is 4.64. The van der Waals surface area contributed by atoms with Crippen LogP contribution in [0.2, 0.25) is 0 Å². The summed E-state index contributed by atoms with van der Waals surface area (Å²) in [5.74, 6) is 1.86. The van der Waals surface area contributed by atoms with Crippen molar-refractivity contribution in [1.82, 2.24) is 0 Å². The Morgan fingerprint density at radius 2 is 2.08 bits per heavy atom. The number of rotatable bonds is 3. The van der Waals surface area contributed by atoms with E-state index in [-0.39, 0.29) is 0 Å². The van der Waals surface area contributed by atoms with Gasteiger partial charge in [-0.2, -0.15) is 0 Å². The Hall–Kier alpha value is -0.0400. The average Bonchev–Trinajstić information content (AvgIpc) is 2.78. The number of epoxide rings is 1. The zero-order valence-corrected chi connectivity index (χ0v) is 8.25. The molecule has 2 rings (SSSR count). The van der Waals surface area contributed by atoms with Crippen LogP contribution in [0.4, 0.5) is 0 Å². The third-order valence-corrected chi connectivity index (χ3v) is 3.26. The van der Waals surface area contributed by atoms with Gasteiger partial charge in [-0.3, -0.25) is 0 Å². The highest BCUT2D eigenvalue weighted by molar-refractivity contribution is 4.91. The number of fused-ring (bicyclic) bond motifs is 1.